The van der Waals surface area contributed by atoms with E-state index >= 15 is 0 Å². The van der Waals surface area contributed by atoms with Crippen molar-refractivity contribution in [1.29, 1.82) is 0 Å². The van der Waals surface area contributed by atoms with Crippen molar-refractivity contribution in [2.45, 2.75) is 25.3 Å². The number of aromatic nitrogens is 3. The zero-order valence-electron chi connectivity index (χ0n) is 17.0. The summed E-state index contributed by atoms with van der Waals surface area (Å²) in [4.78, 5) is 25.5. The third-order valence-corrected chi connectivity index (χ3v) is 5.08. The van der Waals surface area contributed by atoms with Gasteiger partial charge in [0.2, 0.25) is 0 Å². The number of rotatable bonds is 8. The van der Waals surface area contributed by atoms with Gasteiger partial charge >= 0.3 is 5.69 Å². The average molecular weight is 408 g/mol. The first-order valence-corrected chi connectivity index (χ1v) is 9.87. The predicted octanol–water partition coefficient (Wildman–Crippen LogP) is 2.36. The standard InChI is InChI=1S/C22H24N4O4/c1-29-17-10-11-18(19(14-17)30-2)21(27)23-12-13-25-22(28)26(16-6-4-3-5-7-16)20(24-25)15-8-9-15/h3-7,10-11,14-15H,8-9,12-13H2,1-2H3,(H,23,27). The van der Waals surface area contributed by atoms with Gasteiger partial charge in [0.25, 0.3) is 5.91 Å². The lowest BCUT2D eigenvalue weighted by molar-refractivity contribution is 0.0948. The average Bonchev–Trinajstić information content (AvgIpc) is 3.58. The van der Waals surface area contributed by atoms with Gasteiger partial charge in [-0.2, -0.15) is 5.10 Å². The zero-order chi connectivity index (χ0) is 21.1. The minimum Gasteiger partial charge on any atom is -0.497 e. The van der Waals surface area contributed by atoms with Gasteiger partial charge < -0.3 is 14.8 Å². The maximum atomic E-state index is 13.0. The van der Waals surface area contributed by atoms with Crippen LogP contribution in [0.25, 0.3) is 5.69 Å². The number of ether oxygens (including phenoxy) is 2. The molecule has 1 N–H and O–H groups in total. The largest absolute Gasteiger partial charge is 0.497 e. The minimum atomic E-state index is -0.285. The number of carbonyl (C=O) groups is 1. The molecule has 1 saturated carbocycles. The third-order valence-electron chi connectivity index (χ3n) is 5.08. The fraction of sp³-hybridized carbons (Fsp3) is 0.318. The molecular formula is C22H24N4O4. The number of nitrogens with zero attached hydrogens (tertiary/aromatic N) is 3. The lowest BCUT2D eigenvalue weighted by Gasteiger charge is -2.10. The molecule has 1 aliphatic rings. The second kappa shape index (κ2) is 8.44. The number of nitrogens with one attached hydrogen (secondary N) is 1. The first-order chi connectivity index (χ1) is 14.6. The molecule has 1 fully saturated rings. The monoisotopic (exact) mass is 408 g/mol. The summed E-state index contributed by atoms with van der Waals surface area (Å²) in [7, 11) is 3.05. The first-order valence-electron chi connectivity index (χ1n) is 9.87. The van der Waals surface area contributed by atoms with Crippen LogP contribution in [0.2, 0.25) is 0 Å². The molecule has 0 unspecified atom stereocenters. The molecule has 0 atom stereocenters. The van der Waals surface area contributed by atoms with E-state index < -0.39 is 0 Å². The summed E-state index contributed by atoms with van der Waals surface area (Å²) in [6.07, 6.45) is 2.08. The Bertz CT molecular complexity index is 1100. The van der Waals surface area contributed by atoms with Crippen molar-refractivity contribution in [2.24, 2.45) is 0 Å². The number of carbonyl (C=O) groups excluding carboxylic acids is 1. The van der Waals surface area contributed by atoms with Gasteiger partial charge in [0, 0.05) is 18.5 Å². The van der Waals surface area contributed by atoms with Crippen molar-refractivity contribution in [1.82, 2.24) is 19.7 Å². The van der Waals surface area contributed by atoms with Gasteiger partial charge in [-0.15, -0.1) is 0 Å². The number of amides is 1. The SMILES string of the molecule is COc1ccc(C(=O)NCCn2nc(C3CC3)n(-c3ccccc3)c2=O)c(OC)c1. The van der Waals surface area contributed by atoms with E-state index in [2.05, 4.69) is 10.4 Å². The summed E-state index contributed by atoms with van der Waals surface area (Å²) in [5, 5.41) is 7.38. The molecule has 1 amide bonds. The Hall–Kier alpha value is -3.55. The van der Waals surface area contributed by atoms with Crippen LogP contribution in [0.15, 0.2) is 53.3 Å². The van der Waals surface area contributed by atoms with E-state index in [9.17, 15) is 9.59 Å². The van der Waals surface area contributed by atoms with Crippen molar-refractivity contribution in [2.75, 3.05) is 20.8 Å². The minimum absolute atomic E-state index is 0.195. The van der Waals surface area contributed by atoms with E-state index in [0.29, 0.717) is 23.0 Å². The number of hydrogen-bond acceptors (Lipinski definition) is 5. The van der Waals surface area contributed by atoms with Gasteiger partial charge in [-0.3, -0.25) is 4.79 Å². The second-order valence-electron chi connectivity index (χ2n) is 7.13. The molecule has 1 heterocycles. The summed E-state index contributed by atoms with van der Waals surface area (Å²) >= 11 is 0. The van der Waals surface area contributed by atoms with Crippen LogP contribution < -0.4 is 20.5 Å². The molecule has 30 heavy (non-hydrogen) atoms. The molecule has 8 heteroatoms. The Labute approximate surface area is 174 Å². The molecule has 0 aliphatic heterocycles. The Morgan fingerprint density at radius 3 is 2.57 bits per heavy atom. The summed E-state index contributed by atoms with van der Waals surface area (Å²) < 4.78 is 13.5. The van der Waals surface area contributed by atoms with Gasteiger partial charge in [0.05, 0.1) is 32.0 Å². The van der Waals surface area contributed by atoms with E-state index in [4.69, 9.17) is 9.47 Å². The normalized spacial score (nSPS) is 13.1. The fourth-order valence-electron chi connectivity index (χ4n) is 3.35. The topological polar surface area (TPSA) is 87.4 Å². The number of methoxy groups -OCH3 is 2. The van der Waals surface area contributed by atoms with Crippen LogP contribution in [0.5, 0.6) is 11.5 Å². The van der Waals surface area contributed by atoms with Gasteiger partial charge in [-0.1, -0.05) is 18.2 Å². The number of hydrogen-bond donors (Lipinski definition) is 1. The smallest absolute Gasteiger partial charge is 0.350 e. The maximum Gasteiger partial charge on any atom is 0.350 e. The highest BCUT2D eigenvalue weighted by atomic mass is 16.5. The van der Waals surface area contributed by atoms with Crippen LogP contribution in [0.1, 0.15) is 34.9 Å². The Morgan fingerprint density at radius 1 is 1.13 bits per heavy atom. The van der Waals surface area contributed by atoms with Crippen molar-refractivity contribution in [3.8, 4) is 17.2 Å². The van der Waals surface area contributed by atoms with E-state index in [-0.39, 0.29) is 24.7 Å². The predicted molar refractivity (Wildman–Crippen MR) is 112 cm³/mol. The van der Waals surface area contributed by atoms with E-state index in [1.54, 1.807) is 29.9 Å². The maximum absolute atomic E-state index is 13.0. The highest BCUT2D eigenvalue weighted by Crippen LogP contribution is 2.39. The van der Waals surface area contributed by atoms with Gasteiger partial charge in [-0.25, -0.2) is 14.0 Å². The Morgan fingerprint density at radius 2 is 1.90 bits per heavy atom. The van der Waals surface area contributed by atoms with Crippen LogP contribution in [0.4, 0.5) is 0 Å². The lowest BCUT2D eigenvalue weighted by Crippen LogP contribution is -2.32. The molecule has 0 spiro atoms. The lowest BCUT2D eigenvalue weighted by atomic mass is 10.1. The molecule has 8 nitrogen and oxygen atoms in total. The Balaban J connectivity index is 1.49. The van der Waals surface area contributed by atoms with Crippen molar-refractivity contribution < 1.29 is 14.3 Å². The van der Waals surface area contributed by atoms with Gasteiger partial charge in [0.15, 0.2) is 0 Å². The molecule has 4 rings (SSSR count). The van der Waals surface area contributed by atoms with Crippen LogP contribution >= 0.6 is 0 Å². The first kappa shape index (κ1) is 19.8. The zero-order valence-corrected chi connectivity index (χ0v) is 17.0. The van der Waals surface area contributed by atoms with E-state index in [1.807, 2.05) is 30.3 Å². The van der Waals surface area contributed by atoms with Gasteiger partial charge in [0.1, 0.15) is 17.3 Å². The summed E-state index contributed by atoms with van der Waals surface area (Å²) in [5.74, 6) is 1.85. The van der Waals surface area contributed by atoms with E-state index in [1.165, 1.54) is 11.8 Å². The molecule has 2 aromatic carbocycles. The van der Waals surface area contributed by atoms with Crippen LogP contribution in [-0.2, 0) is 6.54 Å². The molecule has 3 aromatic rings. The molecule has 0 saturated heterocycles. The molecule has 1 aromatic heterocycles. The summed E-state index contributed by atoms with van der Waals surface area (Å²) in [6, 6.07) is 14.5. The van der Waals surface area contributed by atoms with Crippen molar-refractivity contribution in [3.63, 3.8) is 0 Å². The van der Waals surface area contributed by atoms with Crippen molar-refractivity contribution in [3.05, 3.63) is 70.4 Å². The second-order valence-corrected chi connectivity index (χ2v) is 7.13. The molecule has 0 bridgehead atoms. The van der Waals surface area contributed by atoms with E-state index in [0.717, 1.165) is 24.4 Å². The van der Waals surface area contributed by atoms with Gasteiger partial charge in [-0.05, 0) is 37.1 Å². The highest BCUT2D eigenvalue weighted by Gasteiger charge is 2.31. The van der Waals surface area contributed by atoms with Crippen LogP contribution in [0, 0.1) is 0 Å². The molecule has 0 radical (unpaired) electrons. The van der Waals surface area contributed by atoms with Crippen molar-refractivity contribution >= 4 is 5.91 Å². The fourth-order valence-corrected chi connectivity index (χ4v) is 3.35. The molecular weight excluding hydrogens is 384 g/mol. The Kier molecular flexibility index (Phi) is 5.56. The van der Waals surface area contributed by atoms with Crippen LogP contribution in [0.3, 0.4) is 0 Å². The number of para-hydroxylation sites is 1. The highest BCUT2D eigenvalue weighted by molar-refractivity contribution is 5.97. The molecule has 1 aliphatic carbocycles. The summed E-state index contributed by atoms with van der Waals surface area (Å²) in [5.41, 5.74) is 1.01. The summed E-state index contributed by atoms with van der Waals surface area (Å²) in [6.45, 7) is 0.548. The number of benzene rings is 2. The quantitative estimate of drug-likeness (QED) is 0.618. The van der Waals surface area contributed by atoms with Crippen LogP contribution in [-0.4, -0.2) is 41.0 Å². The molecule has 156 valence electrons. The third kappa shape index (κ3) is 3.94.